The Morgan fingerprint density at radius 3 is 2.67 bits per heavy atom. The Labute approximate surface area is 127 Å². The molecule has 1 aliphatic rings. The molecule has 0 bridgehead atoms. The minimum absolute atomic E-state index is 0.0339. The molecule has 0 spiro atoms. The fraction of sp³-hybridized carbons (Fsp3) is 0.750. The first kappa shape index (κ1) is 15.9. The van der Waals surface area contributed by atoms with E-state index in [-0.39, 0.29) is 5.91 Å². The fourth-order valence-electron chi connectivity index (χ4n) is 3.25. The quantitative estimate of drug-likeness (QED) is 0.930. The van der Waals surface area contributed by atoms with Gasteiger partial charge in [0.05, 0.1) is 11.4 Å². The van der Waals surface area contributed by atoms with Gasteiger partial charge in [0.15, 0.2) is 0 Å². The maximum Gasteiger partial charge on any atom is 0.274 e. The van der Waals surface area contributed by atoms with Crippen LogP contribution in [0.4, 0.5) is 5.69 Å². The minimum atomic E-state index is 0.0339. The summed E-state index contributed by atoms with van der Waals surface area (Å²) in [7, 11) is 1.80. The van der Waals surface area contributed by atoms with Crippen LogP contribution >= 0.6 is 0 Å². The normalized spacial score (nSPS) is 19.9. The third kappa shape index (κ3) is 3.22. The van der Waals surface area contributed by atoms with Crippen LogP contribution in [0.15, 0.2) is 0 Å². The highest BCUT2D eigenvalue weighted by atomic mass is 16.2. The third-order valence-electron chi connectivity index (χ3n) is 4.70. The number of rotatable bonds is 3. The number of carbonyl (C=O) groups is 1. The Hall–Kier alpha value is -1.52. The van der Waals surface area contributed by atoms with Crippen molar-refractivity contribution >= 4 is 11.6 Å². The zero-order valence-corrected chi connectivity index (χ0v) is 13.7. The topological polar surface area (TPSA) is 64.2 Å². The first-order valence-corrected chi connectivity index (χ1v) is 8.06. The second-order valence-corrected chi connectivity index (χ2v) is 6.41. The number of nitrogen functional groups attached to an aromatic ring is 1. The van der Waals surface area contributed by atoms with E-state index in [2.05, 4.69) is 18.9 Å². The molecule has 5 heteroatoms. The van der Waals surface area contributed by atoms with Gasteiger partial charge in [-0.2, -0.15) is 5.10 Å². The summed E-state index contributed by atoms with van der Waals surface area (Å²) >= 11 is 0. The van der Waals surface area contributed by atoms with Crippen molar-refractivity contribution < 1.29 is 4.79 Å². The van der Waals surface area contributed by atoms with E-state index in [1.165, 1.54) is 6.42 Å². The molecule has 0 saturated carbocycles. The van der Waals surface area contributed by atoms with Crippen LogP contribution in [0.3, 0.4) is 0 Å². The molecule has 2 N–H and O–H groups in total. The number of aryl methyl sites for hydroxylation is 2. The molecular weight excluding hydrogens is 264 g/mol. The fourth-order valence-corrected chi connectivity index (χ4v) is 3.25. The van der Waals surface area contributed by atoms with Crippen LogP contribution in [-0.2, 0) is 13.5 Å². The summed E-state index contributed by atoms with van der Waals surface area (Å²) in [5, 5.41) is 4.36. The van der Waals surface area contributed by atoms with E-state index in [0.29, 0.717) is 17.3 Å². The SMILES string of the molecule is CCc1nn(C)c(C(=O)N2CCCC(C(C)C)CC2)c1N. The number of hydrogen-bond acceptors (Lipinski definition) is 3. The number of nitrogens with zero attached hydrogens (tertiary/aromatic N) is 3. The average Bonchev–Trinajstić information content (AvgIpc) is 2.64. The number of carbonyl (C=O) groups excluding carboxylic acids is 1. The zero-order chi connectivity index (χ0) is 15.6. The van der Waals surface area contributed by atoms with Crippen molar-refractivity contribution in [2.45, 2.75) is 46.5 Å². The number of nitrogens with two attached hydrogens (primary N) is 1. The van der Waals surface area contributed by atoms with Crippen LogP contribution < -0.4 is 5.73 Å². The van der Waals surface area contributed by atoms with Gasteiger partial charge in [-0.3, -0.25) is 9.48 Å². The van der Waals surface area contributed by atoms with Gasteiger partial charge in [0.2, 0.25) is 0 Å². The first-order valence-electron chi connectivity index (χ1n) is 8.06. The summed E-state index contributed by atoms with van der Waals surface area (Å²) in [6, 6.07) is 0. The Morgan fingerprint density at radius 2 is 2.10 bits per heavy atom. The van der Waals surface area contributed by atoms with Crippen molar-refractivity contribution in [1.82, 2.24) is 14.7 Å². The molecular formula is C16H28N4O. The van der Waals surface area contributed by atoms with Gasteiger partial charge in [0, 0.05) is 20.1 Å². The van der Waals surface area contributed by atoms with Crippen molar-refractivity contribution in [2.75, 3.05) is 18.8 Å². The molecule has 2 rings (SSSR count). The van der Waals surface area contributed by atoms with Crippen LogP contribution in [0, 0.1) is 11.8 Å². The highest BCUT2D eigenvalue weighted by Gasteiger charge is 2.27. The van der Waals surface area contributed by atoms with Crippen LogP contribution in [0.1, 0.15) is 56.2 Å². The van der Waals surface area contributed by atoms with E-state index in [4.69, 9.17) is 5.73 Å². The Bertz CT molecular complexity index is 507. The van der Waals surface area contributed by atoms with Crippen LogP contribution in [0.2, 0.25) is 0 Å². The lowest BCUT2D eigenvalue weighted by atomic mass is 9.89. The van der Waals surface area contributed by atoms with E-state index in [0.717, 1.165) is 44.0 Å². The summed E-state index contributed by atoms with van der Waals surface area (Å²) < 4.78 is 1.64. The van der Waals surface area contributed by atoms with Gasteiger partial charge < -0.3 is 10.6 Å². The largest absolute Gasteiger partial charge is 0.395 e. The summed E-state index contributed by atoms with van der Waals surface area (Å²) in [6.45, 7) is 8.21. The van der Waals surface area contributed by atoms with Gasteiger partial charge in [0.25, 0.3) is 5.91 Å². The molecule has 1 amide bonds. The molecule has 1 atom stereocenters. The maximum atomic E-state index is 12.8. The van der Waals surface area contributed by atoms with Gasteiger partial charge in [-0.25, -0.2) is 0 Å². The summed E-state index contributed by atoms with van der Waals surface area (Å²) in [5.74, 6) is 1.44. The summed E-state index contributed by atoms with van der Waals surface area (Å²) in [5.41, 5.74) is 8.02. The molecule has 118 valence electrons. The minimum Gasteiger partial charge on any atom is -0.395 e. The molecule has 0 aromatic carbocycles. The predicted molar refractivity (Wildman–Crippen MR) is 85.1 cm³/mol. The van der Waals surface area contributed by atoms with E-state index < -0.39 is 0 Å². The van der Waals surface area contributed by atoms with Gasteiger partial charge >= 0.3 is 0 Å². The molecule has 1 aliphatic heterocycles. The molecule has 1 unspecified atom stereocenters. The third-order valence-corrected chi connectivity index (χ3v) is 4.70. The molecule has 1 fully saturated rings. The Balaban J connectivity index is 2.15. The predicted octanol–water partition coefficient (Wildman–Crippen LogP) is 2.46. The van der Waals surface area contributed by atoms with E-state index in [1.54, 1.807) is 11.7 Å². The zero-order valence-electron chi connectivity index (χ0n) is 13.7. The lowest BCUT2D eigenvalue weighted by Gasteiger charge is -2.21. The molecule has 5 nitrogen and oxygen atoms in total. The molecule has 1 aromatic heterocycles. The first-order chi connectivity index (χ1) is 9.95. The standard InChI is InChI=1S/C16H28N4O/c1-5-13-14(17)15(19(4)18-13)16(21)20-9-6-7-12(8-10-20)11(2)3/h11-12H,5-10,17H2,1-4H3. The molecule has 1 aromatic rings. The van der Waals surface area contributed by atoms with Crippen molar-refractivity contribution in [1.29, 1.82) is 0 Å². The van der Waals surface area contributed by atoms with Crippen molar-refractivity contribution in [3.8, 4) is 0 Å². The highest BCUT2D eigenvalue weighted by Crippen LogP contribution is 2.26. The number of likely N-dealkylation sites (tertiary alicyclic amines) is 1. The van der Waals surface area contributed by atoms with E-state index >= 15 is 0 Å². The smallest absolute Gasteiger partial charge is 0.274 e. The van der Waals surface area contributed by atoms with Gasteiger partial charge in [0.1, 0.15) is 5.69 Å². The molecule has 0 radical (unpaired) electrons. The highest BCUT2D eigenvalue weighted by molar-refractivity contribution is 5.98. The second kappa shape index (κ2) is 6.50. The van der Waals surface area contributed by atoms with Crippen molar-refractivity contribution in [3.63, 3.8) is 0 Å². The summed E-state index contributed by atoms with van der Waals surface area (Å²) in [4.78, 5) is 14.7. The number of hydrogen-bond donors (Lipinski definition) is 1. The Morgan fingerprint density at radius 1 is 1.38 bits per heavy atom. The molecule has 1 saturated heterocycles. The average molecular weight is 292 g/mol. The van der Waals surface area contributed by atoms with Gasteiger partial charge in [-0.15, -0.1) is 0 Å². The van der Waals surface area contributed by atoms with Crippen LogP contribution in [0.25, 0.3) is 0 Å². The molecule has 0 aliphatic carbocycles. The van der Waals surface area contributed by atoms with Gasteiger partial charge in [-0.05, 0) is 37.5 Å². The van der Waals surface area contributed by atoms with E-state index in [1.807, 2.05) is 11.8 Å². The molecule has 21 heavy (non-hydrogen) atoms. The van der Waals surface area contributed by atoms with Crippen molar-refractivity contribution in [3.05, 3.63) is 11.4 Å². The maximum absolute atomic E-state index is 12.8. The lowest BCUT2D eigenvalue weighted by Crippen LogP contribution is -2.34. The summed E-state index contributed by atoms with van der Waals surface area (Å²) in [6.07, 6.45) is 4.12. The number of amides is 1. The van der Waals surface area contributed by atoms with Crippen LogP contribution in [0.5, 0.6) is 0 Å². The Kier molecular flexibility index (Phi) is 4.91. The monoisotopic (exact) mass is 292 g/mol. The lowest BCUT2D eigenvalue weighted by molar-refractivity contribution is 0.0749. The van der Waals surface area contributed by atoms with Crippen LogP contribution in [-0.4, -0.2) is 33.7 Å². The van der Waals surface area contributed by atoms with E-state index in [9.17, 15) is 4.79 Å². The number of anilines is 1. The molecule has 2 heterocycles. The van der Waals surface area contributed by atoms with Crippen molar-refractivity contribution in [2.24, 2.45) is 18.9 Å². The van der Waals surface area contributed by atoms with Gasteiger partial charge in [-0.1, -0.05) is 20.8 Å². The number of aromatic nitrogens is 2. The second-order valence-electron chi connectivity index (χ2n) is 6.41.